The van der Waals surface area contributed by atoms with E-state index in [0.717, 1.165) is 5.56 Å². The summed E-state index contributed by atoms with van der Waals surface area (Å²) < 4.78 is 6.79. The minimum atomic E-state index is -0.898. The van der Waals surface area contributed by atoms with Gasteiger partial charge in [0.25, 0.3) is 0 Å². The number of aromatic nitrogens is 4. The van der Waals surface area contributed by atoms with E-state index in [4.69, 9.17) is 4.74 Å². The first kappa shape index (κ1) is 19.9. The first-order chi connectivity index (χ1) is 13.6. The van der Waals surface area contributed by atoms with Crippen LogP contribution in [0.5, 0.6) is 0 Å². The largest absolute Gasteiger partial charge is 0.481 e. The predicted octanol–water partition coefficient (Wildman–Crippen LogP) is 1.01. The molecule has 9 nitrogen and oxygen atoms in total. The minimum Gasteiger partial charge on any atom is -0.481 e. The third-order valence-corrected chi connectivity index (χ3v) is 5.18. The summed E-state index contributed by atoms with van der Waals surface area (Å²) >= 11 is 0. The highest BCUT2D eigenvalue weighted by Crippen LogP contribution is 2.24. The molecule has 1 saturated heterocycles. The zero-order valence-corrected chi connectivity index (χ0v) is 15.8. The number of amides is 1. The number of ether oxygens (including phenoxy) is 1. The molecule has 0 aliphatic carbocycles. The molecule has 1 aromatic carbocycles. The number of aliphatic carboxylic acids is 1. The second-order valence-corrected chi connectivity index (χ2v) is 7.02. The minimum absolute atomic E-state index is 0.00565. The Morgan fingerprint density at radius 3 is 2.61 bits per heavy atom. The molecule has 28 heavy (non-hydrogen) atoms. The van der Waals surface area contributed by atoms with E-state index in [1.54, 1.807) is 6.92 Å². The number of hydrogen-bond acceptors (Lipinski definition) is 6. The molecule has 2 aromatic rings. The summed E-state index contributed by atoms with van der Waals surface area (Å²) in [5, 5.41) is 23.9. The molecule has 2 N–H and O–H groups in total. The van der Waals surface area contributed by atoms with Crippen LogP contribution in [0.4, 0.5) is 0 Å². The fraction of sp³-hybridized carbons (Fsp3) is 0.526. The monoisotopic (exact) mass is 387 g/mol. The topological polar surface area (TPSA) is 119 Å². The van der Waals surface area contributed by atoms with Gasteiger partial charge in [0.1, 0.15) is 11.9 Å². The van der Waals surface area contributed by atoms with E-state index in [0.29, 0.717) is 38.3 Å². The second-order valence-electron chi connectivity index (χ2n) is 7.02. The highest BCUT2D eigenvalue weighted by molar-refractivity contribution is 5.81. The molecule has 1 fully saturated rings. The van der Waals surface area contributed by atoms with Crippen molar-refractivity contribution in [1.29, 1.82) is 0 Å². The first-order valence-corrected chi connectivity index (χ1v) is 9.43. The summed E-state index contributed by atoms with van der Waals surface area (Å²) in [7, 11) is 0. The summed E-state index contributed by atoms with van der Waals surface area (Å²) in [5.74, 6) is -1.31. The number of rotatable bonds is 8. The molecule has 0 saturated carbocycles. The van der Waals surface area contributed by atoms with E-state index >= 15 is 0 Å². The molecule has 0 radical (unpaired) electrons. The van der Waals surface area contributed by atoms with Crippen LogP contribution in [0.2, 0.25) is 0 Å². The summed E-state index contributed by atoms with van der Waals surface area (Å²) in [6.45, 7) is 2.92. The van der Waals surface area contributed by atoms with Crippen LogP contribution in [-0.2, 0) is 20.7 Å². The van der Waals surface area contributed by atoms with Gasteiger partial charge in [-0.05, 0) is 41.7 Å². The standard InChI is InChI=1S/C19H25N5O4/c1-13-21-22-23-24(13)17(11-14-5-3-2-4-6-14)18(25)20-12-16(19(26)27)15-7-9-28-10-8-15/h2-6,15-17H,7-12H2,1H3,(H,20,25)(H,26,27). The molecule has 150 valence electrons. The Balaban J connectivity index is 1.71. The third kappa shape index (κ3) is 4.92. The third-order valence-electron chi connectivity index (χ3n) is 5.18. The summed E-state index contributed by atoms with van der Waals surface area (Å²) in [6.07, 6.45) is 1.78. The van der Waals surface area contributed by atoms with Gasteiger partial charge in [-0.3, -0.25) is 9.59 Å². The highest BCUT2D eigenvalue weighted by atomic mass is 16.5. The van der Waals surface area contributed by atoms with E-state index in [1.165, 1.54) is 4.68 Å². The zero-order valence-electron chi connectivity index (χ0n) is 15.8. The van der Waals surface area contributed by atoms with Gasteiger partial charge in [-0.2, -0.15) is 0 Å². The molecule has 0 spiro atoms. The second kappa shape index (κ2) is 9.41. The van der Waals surface area contributed by atoms with Crippen molar-refractivity contribution in [3.05, 3.63) is 41.7 Å². The molecule has 1 aliphatic heterocycles. The van der Waals surface area contributed by atoms with Crippen LogP contribution in [0.15, 0.2) is 30.3 Å². The van der Waals surface area contributed by atoms with Crippen molar-refractivity contribution in [2.75, 3.05) is 19.8 Å². The Hall–Kier alpha value is -2.81. The van der Waals surface area contributed by atoms with E-state index in [2.05, 4.69) is 20.8 Å². The molecule has 1 aliphatic rings. The Kier molecular flexibility index (Phi) is 6.70. The van der Waals surface area contributed by atoms with E-state index in [1.807, 2.05) is 30.3 Å². The number of carboxylic acids is 1. The van der Waals surface area contributed by atoms with Crippen LogP contribution in [-0.4, -0.2) is 56.9 Å². The molecular weight excluding hydrogens is 362 g/mol. The molecule has 2 atom stereocenters. The number of hydrogen-bond donors (Lipinski definition) is 2. The van der Waals surface area contributed by atoms with Gasteiger partial charge in [0.2, 0.25) is 5.91 Å². The maximum absolute atomic E-state index is 13.0. The van der Waals surface area contributed by atoms with Crippen molar-refractivity contribution in [3.63, 3.8) is 0 Å². The predicted molar refractivity (Wildman–Crippen MR) is 99.4 cm³/mol. The van der Waals surface area contributed by atoms with Gasteiger partial charge in [-0.1, -0.05) is 30.3 Å². The number of carbonyl (C=O) groups is 2. The lowest BCUT2D eigenvalue weighted by Crippen LogP contribution is -2.42. The smallest absolute Gasteiger partial charge is 0.308 e. The fourth-order valence-corrected chi connectivity index (χ4v) is 3.56. The van der Waals surface area contributed by atoms with Gasteiger partial charge >= 0.3 is 5.97 Å². The molecule has 1 aromatic heterocycles. The summed E-state index contributed by atoms with van der Waals surface area (Å²) in [4.78, 5) is 24.7. The number of nitrogens with zero attached hydrogens (tertiary/aromatic N) is 4. The number of nitrogens with one attached hydrogen (secondary N) is 1. The molecule has 2 heterocycles. The van der Waals surface area contributed by atoms with Crippen molar-refractivity contribution in [1.82, 2.24) is 25.5 Å². The summed E-state index contributed by atoms with van der Waals surface area (Å²) in [5.41, 5.74) is 0.969. The van der Waals surface area contributed by atoms with Crippen LogP contribution in [0.3, 0.4) is 0 Å². The fourth-order valence-electron chi connectivity index (χ4n) is 3.56. The first-order valence-electron chi connectivity index (χ1n) is 9.43. The molecule has 0 bridgehead atoms. The van der Waals surface area contributed by atoms with E-state index in [-0.39, 0.29) is 18.4 Å². The lowest BCUT2D eigenvalue weighted by molar-refractivity contribution is -0.145. The van der Waals surface area contributed by atoms with Crippen molar-refractivity contribution >= 4 is 11.9 Å². The van der Waals surface area contributed by atoms with E-state index < -0.39 is 17.9 Å². The molecule has 3 rings (SSSR count). The Labute approximate surface area is 163 Å². The van der Waals surface area contributed by atoms with E-state index in [9.17, 15) is 14.7 Å². The number of aryl methyl sites for hydroxylation is 1. The average molecular weight is 387 g/mol. The molecule has 9 heteroatoms. The average Bonchev–Trinajstić information content (AvgIpc) is 3.13. The molecule has 1 amide bonds. The lowest BCUT2D eigenvalue weighted by atomic mass is 9.86. The highest BCUT2D eigenvalue weighted by Gasteiger charge is 2.31. The van der Waals surface area contributed by atoms with Crippen LogP contribution >= 0.6 is 0 Å². The lowest BCUT2D eigenvalue weighted by Gasteiger charge is -2.28. The van der Waals surface area contributed by atoms with Gasteiger partial charge in [0.05, 0.1) is 5.92 Å². The van der Waals surface area contributed by atoms with Gasteiger partial charge in [-0.25, -0.2) is 4.68 Å². The van der Waals surface area contributed by atoms with Gasteiger partial charge in [0, 0.05) is 26.2 Å². The zero-order chi connectivity index (χ0) is 19.9. The quantitative estimate of drug-likeness (QED) is 0.694. The maximum Gasteiger partial charge on any atom is 0.308 e. The summed E-state index contributed by atoms with van der Waals surface area (Å²) in [6, 6.07) is 8.93. The van der Waals surface area contributed by atoms with Crippen LogP contribution < -0.4 is 5.32 Å². The normalized spacial score (nSPS) is 17.0. The Morgan fingerprint density at radius 2 is 2.00 bits per heavy atom. The van der Waals surface area contributed by atoms with Crippen LogP contribution in [0.1, 0.15) is 30.3 Å². The molecular formula is C19H25N5O4. The van der Waals surface area contributed by atoms with Crippen LogP contribution in [0.25, 0.3) is 0 Å². The number of carboxylic acid groups (broad SMARTS) is 1. The molecule has 2 unspecified atom stereocenters. The number of benzene rings is 1. The Morgan fingerprint density at radius 1 is 1.29 bits per heavy atom. The number of tetrazole rings is 1. The van der Waals surface area contributed by atoms with Crippen molar-refractivity contribution in [2.45, 2.75) is 32.2 Å². The number of carbonyl (C=O) groups excluding carboxylic acids is 1. The van der Waals surface area contributed by atoms with Gasteiger partial charge in [-0.15, -0.1) is 5.10 Å². The van der Waals surface area contributed by atoms with Crippen LogP contribution in [0, 0.1) is 18.8 Å². The van der Waals surface area contributed by atoms with Gasteiger partial charge in [0.15, 0.2) is 0 Å². The van der Waals surface area contributed by atoms with Gasteiger partial charge < -0.3 is 15.2 Å². The van der Waals surface area contributed by atoms with Crippen molar-refractivity contribution < 1.29 is 19.4 Å². The maximum atomic E-state index is 13.0. The Bertz CT molecular complexity index is 789. The van der Waals surface area contributed by atoms with Crippen molar-refractivity contribution in [3.8, 4) is 0 Å². The SMILES string of the molecule is Cc1nnnn1C(Cc1ccccc1)C(=O)NCC(C(=O)O)C1CCOCC1. The van der Waals surface area contributed by atoms with Crippen molar-refractivity contribution in [2.24, 2.45) is 11.8 Å².